The van der Waals surface area contributed by atoms with Crippen molar-refractivity contribution in [3.8, 4) is 0 Å². The Labute approximate surface area is 180 Å². The van der Waals surface area contributed by atoms with E-state index in [9.17, 15) is 4.79 Å². The Morgan fingerprint density at radius 2 is 1.73 bits per heavy atom. The molecule has 0 bridgehead atoms. The highest BCUT2D eigenvalue weighted by Gasteiger charge is 2.52. The molecule has 3 rings (SSSR count). The fourth-order valence-corrected chi connectivity index (χ4v) is 3.47. The molecule has 1 aromatic rings. The molecule has 0 unspecified atom stereocenters. The Morgan fingerprint density at radius 3 is 2.23 bits per heavy atom. The summed E-state index contributed by atoms with van der Waals surface area (Å²) in [5.74, 6) is 0.675. The van der Waals surface area contributed by atoms with Gasteiger partial charge in [-0.25, -0.2) is 9.97 Å². The van der Waals surface area contributed by atoms with Gasteiger partial charge in [0.15, 0.2) is 0 Å². The highest BCUT2D eigenvalue weighted by atomic mass is 16.7. The van der Waals surface area contributed by atoms with Gasteiger partial charge in [-0.3, -0.25) is 4.79 Å². The molecule has 1 atom stereocenters. The van der Waals surface area contributed by atoms with Crippen LogP contribution in [0, 0.1) is 0 Å². The number of piperazine rings is 1. The van der Waals surface area contributed by atoms with Crippen molar-refractivity contribution >= 4 is 24.4 Å². The zero-order chi connectivity index (χ0) is 22.3. The lowest BCUT2D eigenvalue weighted by Crippen LogP contribution is -2.55. The standard InChI is InChI=1S/C21H35BN4O4/c1-15-13-25(9-10-26(15)17(27)14-28-19(2,3)4)18-23-11-16(12-24-18)22-29-20(5,6)21(7,8)30-22/h11-12,15H,9-10,13-14H2,1-8H3/t15-/m0/s1. The Hall–Kier alpha value is -1.71. The van der Waals surface area contributed by atoms with Crippen LogP contribution in [0.3, 0.4) is 0 Å². The minimum Gasteiger partial charge on any atom is -0.399 e. The van der Waals surface area contributed by atoms with Gasteiger partial charge in [0.1, 0.15) is 6.61 Å². The molecule has 9 heteroatoms. The zero-order valence-electron chi connectivity index (χ0n) is 19.6. The number of amides is 1. The van der Waals surface area contributed by atoms with Gasteiger partial charge in [-0.2, -0.15) is 0 Å². The van der Waals surface area contributed by atoms with Crippen molar-refractivity contribution < 1.29 is 18.8 Å². The van der Waals surface area contributed by atoms with E-state index in [1.165, 1.54) is 0 Å². The lowest BCUT2D eigenvalue weighted by Gasteiger charge is -2.40. The van der Waals surface area contributed by atoms with E-state index < -0.39 is 18.3 Å². The molecule has 2 fully saturated rings. The van der Waals surface area contributed by atoms with E-state index in [4.69, 9.17) is 14.0 Å². The molecule has 0 radical (unpaired) electrons. The predicted molar refractivity (Wildman–Crippen MR) is 117 cm³/mol. The Morgan fingerprint density at radius 1 is 1.17 bits per heavy atom. The van der Waals surface area contributed by atoms with E-state index in [0.29, 0.717) is 25.6 Å². The molecule has 1 aromatic heterocycles. The summed E-state index contributed by atoms with van der Waals surface area (Å²) in [6.45, 7) is 18.1. The predicted octanol–water partition coefficient (Wildman–Crippen LogP) is 1.63. The molecule has 166 valence electrons. The first-order chi connectivity index (χ1) is 13.8. The van der Waals surface area contributed by atoms with Crippen LogP contribution in [0.15, 0.2) is 12.4 Å². The molecule has 0 spiro atoms. The molecular weight excluding hydrogens is 383 g/mol. The summed E-state index contributed by atoms with van der Waals surface area (Å²) in [7, 11) is -0.472. The molecule has 1 amide bonds. The van der Waals surface area contributed by atoms with Crippen molar-refractivity contribution in [2.75, 3.05) is 31.1 Å². The number of nitrogens with zero attached hydrogens (tertiary/aromatic N) is 4. The third-order valence-corrected chi connectivity index (χ3v) is 6.04. The smallest absolute Gasteiger partial charge is 0.399 e. The SMILES string of the molecule is C[C@H]1CN(c2ncc(B3OC(C)(C)C(C)(C)O3)cn2)CCN1C(=O)COC(C)(C)C. The monoisotopic (exact) mass is 418 g/mol. The van der Waals surface area contributed by atoms with Crippen LogP contribution in [0.2, 0.25) is 0 Å². The van der Waals surface area contributed by atoms with Gasteiger partial charge < -0.3 is 23.8 Å². The highest BCUT2D eigenvalue weighted by Crippen LogP contribution is 2.36. The Balaban J connectivity index is 1.59. The van der Waals surface area contributed by atoms with Crippen LogP contribution in [0.1, 0.15) is 55.4 Å². The molecule has 2 aliphatic heterocycles. The Bertz CT molecular complexity index is 747. The van der Waals surface area contributed by atoms with Crippen LogP contribution in [0.5, 0.6) is 0 Å². The highest BCUT2D eigenvalue weighted by molar-refractivity contribution is 6.61. The van der Waals surface area contributed by atoms with Gasteiger partial charge in [0, 0.05) is 43.5 Å². The van der Waals surface area contributed by atoms with Gasteiger partial charge >= 0.3 is 7.12 Å². The van der Waals surface area contributed by atoms with Gasteiger partial charge in [0.05, 0.1) is 16.8 Å². The number of ether oxygens (including phenoxy) is 1. The van der Waals surface area contributed by atoms with Crippen LogP contribution >= 0.6 is 0 Å². The maximum Gasteiger partial charge on any atom is 0.498 e. The average molecular weight is 418 g/mol. The minimum absolute atomic E-state index is 0.0223. The molecule has 8 nitrogen and oxygen atoms in total. The number of hydrogen-bond acceptors (Lipinski definition) is 7. The molecule has 30 heavy (non-hydrogen) atoms. The van der Waals surface area contributed by atoms with E-state index in [1.54, 1.807) is 12.4 Å². The van der Waals surface area contributed by atoms with Crippen LogP contribution in [-0.4, -0.2) is 77.0 Å². The maximum atomic E-state index is 12.5. The first kappa shape index (κ1) is 23.0. The van der Waals surface area contributed by atoms with Crippen molar-refractivity contribution in [1.29, 1.82) is 0 Å². The second kappa shape index (κ2) is 8.09. The molecule has 0 N–H and O–H groups in total. The molecule has 0 saturated carbocycles. The summed E-state index contributed by atoms with van der Waals surface area (Å²) >= 11 is 0. The topological polar surface area (TPSA) is 77.0 Å². The molecule has 2 saturated heterocycles. The van der Waals surface area contributed by atoms with Crippen LogP contribution in [0.25, 0.3) is 0 Å². The normalized spacial score (nSPS) is 23.7. The largest absolute Gasteiger partial charge is 0.498 e. The van der Waals surface area contributed by atoms with E-state index in [-0.39, 0.29) is 24.2 Å². The number of anilines is 1. The second-order valence-electron chi connectivity index (χ2n) is 10.2. The van der Waals surface area contributed by atoms with Crippen molar-refractivity contribution in [2.24, 2.45) is 0 Å². The van der Waals surface area contributed by atoms with Gasteiger partial charge in [0.25, 0.3) is 0 Å². The fourth-order valence-electron chi connectivity index (χ4n) is 3.47. The van der Waals surface area contributed by atoms with Gasteiger partial charge in [-0.15, -0.1) is 0 Å². The Kier molecular flexibility index (Phi) is 6.19. The van der Waals surface area contributed by atoms with Crippen molar-refractivity contribution in [2.45, 2.75) is 78.2 Å². The van der Waals surface area contributed by atoms with E-state index in [2.05, 4.69) is 14.9 Å². The molecule has 2 aliphatic rings. The zero-order valence-corrected chi connectivity index (χ0v) is 19.6. The minimum atomic E-state index is -0.472. The van der Waals surface area contributed by atoms with Gasteiger partial charge in [-0.1, -0.05) is 0 Å². The molecule has 0 aromatic carbocycles. The number of aromatic nitrogens is 2. The maximum absolute atomic E-state index is 12.5. The van der Waals surface area contributed by atoms with Crippen LogP contribution < -0.4 is 10.4 Å². The summed E-state index contributed by atoms with van der Waals surface area (Å²) in [6, 6.07) is 0.0567. The fraction of sp³-hybridized carbons (Fsp3) is 0.762. The summed E-state index contributed by atoms with van der Waals surface area (Å²) < 4.78 is 17.8. The number of rotatable bonds is 4. The second-order valence-corrected chi connectivity index (χ2v) is 10.2. The van der Waals surface area contributed by atoms with Crippen LogP contribution in [-0.2, 0) is 18.8 Å². The van der Waals surface area contributed by atoms with E-state index in [0.717, 1.165) is 5.46 Å². The lowest BCUT2D eigenvalue weighted by molar-refractivity contribution is -0.143. The van der Waals surface area contributed by atoms with Gasteiger partial charge in [-0.05, 0) is 55.4 Å². The summed E-state index contributed by atoms with van der Waals surface area (Å²) in [4.78, 5) is 25.6. The molecule has 0 aliphatic carbocycles. The summed E-state index contributed by atoms with van der Waals surface area (Å²) in [5, 5.41) is 0. The summed E-state index contributed by atoms with van der Waals surface area (Å²) in [6.07, 6.45) is 3.54. The average Bonchev–Trinajstić information content (AvgIpc) is 2.86. The summed E-state index contributed by atoms with van der Waals surface area (Å²) in [5.41, 5.74) is -0.317. The third kappa shape index (κ3) is 4.95. The van der Waals surface area contributed by atoms with Crippen molar-refractivity contribution in [3.63, 3.8) is 0 Å². The van der Waals surface area contributed by atoms with Crippen molar-refractivity contribution in [3.05, 3.63) is 12.4 Å². The van der Waals surface area contributed by atoms with Crippen molar-refractivity contribution in [1.82, 2.24) is 14.9 Å². The first-order valence-electron chi connectivity index (χ1n) is 10.6. The number of hydrogen-bond donors (Lipinski definition) is 0. The van der Waals surface area contributed by atoms with Crippen LogP contribution in [0.4, 0.5) is 5.95 Å². The quantitative estimate of drug-likeness (QED) is 0.688. The number of carbonyl (C=O) groups is 1. The van der Waals surface area contributed by atoms with E-state index in [1.807, 2.05) is 60.3 Å². The number of carbonyl (C=O) groups excluding carboxylic acids is 1. The molecular formula is C21H35BN4O4. The molecule has 3 heterocycles. The van der Waals surface area contributed by atoms with Gasteiger partial charge in [0.2, 0.25) is 11.9 Å². The lowest BCUT2D eigenvalue weighted by atomic mass is 9.81. The third-order valence-electron chi connectivity index (χ3n) is 6.04. The first-order valence-corrected chi connectivity index (χ1v) is 10.6. The van der Waals surface area contributed by atoms with E-state index >= 15 is 0 Å².